The van der Waals surface area contributed by atoms with Crippen molar-refractivity contribution in [2.45, 2.75) is 32.5 Å². The first-order chi connectivity index (χ1) is 14.2. The highest BCUT2D eigenvalue weighted by molar-refractivity contribution is 7.73. The number of thiol groups is 1. The van der Waals surface area contributed by atoms with Crippen LogP contribution < -0.4 is 4.72 Å². The lowest BCUT2D eigenvalue weighted by Gasteiger charge is -2.44. The zero-order chi connectivity index (χ0) is 22.0. The summed E-state index contributed by atoms with van der Waals surface area (Å²) in [6.07, 6.45) is 0. The Kier molecular flexibility index (Phi) is 6.67. The molecule has 2 unspecified atom stereocenters. The zero-order valence-corrected chi connectivity index (χ0v) is 17.3. The molecule has 1 amide bonds. The van der Waals surface area contributed by atoms with Gasteiger partial charge in [0.15, 0.2) is 0 Å². The Hall–Kier alpha value is -2.59. The number of benzene rings is 2. The van der Waals surface area contributed by atoms with Crippen molar-refractivity contribution in [2.75, 3.05) is 17.8 Å². The second kappa shape index (κ2) is 9.05. The van der Waals surface area contributed by atoms with Crippen molar-refractivity contribution in [1.82, 2.24) is 9.80 Å². The molecule has 6 nitrogen and oxygen atoms in total. The van der Waals surface area contributed by atoms with E-state index in [0.29, 0.717) is 36.5 Å². The van der Waals surface area contributed by atoms with Crippen LogP contribution in [-0.4, -0.2) is 49.3 Å². The smallest absolute Gasteiger partial charge is 0.254 e. The molecule has 1 aliphatic rings. The second-order valence-electron chi connectivity index (χ2n) is 7.40. The van der Waals surface area contributed by atoms with Crippen molar-refractivity contribution >= 4 is 22.5 Å². The monoisotopic (exact) mass is 441 g/mol. The van der Waals surface area contributed by atoms with Crippen LogP contribution >= 0.6 is 0 Å². The van der Waals surface area contributed by atoms with Crippen LogP contribution in [0, 0.1) is 17.5 Å². The Labute approximate surface area is 174 Å². The van der Waals surface area contributed by atoms with Crippen LogP contribution in [0.3, 0.4) is 0 Å². The molecule has 10 heteroatoms. The maximum atomic E-state index is 14.0. The minimum atomic E-state index is -2.79. The van der Waals surface area contributed by atoms with Gasteiger partial charge in [0, 0.05) is 60.7 Å². The highest BCUT2D eigenvalue weighted by atomic mass is 32.2. The molecule has 2 aromatic carbocycles. The normalized spacial score (nSPS) is 19.9. The third-order valence-corrected chi connectivity index (χ3v) is 5.51. The average molecular weight is 441 g/mol. The summed E-state index contributed by atoms with van der Waals surface area (Å²) in [6, 6.07) is 6.94. The minimum absolute atomic E-state index is 0.0254. The number of hydrogen-bond donors (Lipinski definition) is 2. The first kappa shape index (κ1) is 22.1. The van der Waals surface area contributed by atoms with Crippen LogP contribution in [0.25, 0.3) is 0 Å². The molecule has 1 N–H and O–H groups in total. The highest BCUT2D eigenvalue weighted by Gasteiger charge is 2.34. The average Bonchev–Trinajstić information content (AvgIpc) is 2.64. The van der Waals surface area contributed by atoms with E-state index in [4.69, 9.17) is 0 Å². The number of rotatable bonds is 5. The van der Waals surface area contributed by atoms with Gasteiger partial charge in [-0.1, -0.05) is 0 Å². The standard InChI is InChI=1S/C20H22F3N3O3S/c1-12-9-25(11-17-18(22)7-15(21)8-19(17)23)10-13(2)26(12)20(27)14-3-5-16(6-4-14)24-30(28)29/h3-8,12-13,30H,9-11H2,1-2H3,(H,24,28,29). The highest BCUT2D eigenvalue weighted by Crippen LogP contribution is 2.23. The maximum absolute atomic E-state index is 14.0. The molecule has 3 rings (SSSR count). The fraction of sp³-hybridized carbons (Fsp3) is 0.350. The Morgan fingerprint density at radius 3 is 2.07 bits per heavy atom. The number of carbonyl (C=O) groups is 1. The zero-order valence-electron chi connectivity index (χ0n) is 16.4. The summed E-state index contributed by atoms with van der Waals surface area (Å²) >= 11 is 0. The van der Waals surface area contributed by atoms with Crippen molar-refractivity contribution in [3.05, 3.63) is 65.0 Å². The molecule has 0 aromatic heterocycles. The molecular formula is C20H22F3N3O3S. The molecule has 0 aliphatic carbocycles. The van der Waals surface area contributed by atoms with Crippen LogP contribution in [-0.2, 0) is 17.4 Å². The number of nitrogens with zero attached hydrogens (tertiary/aromatic N) is 2. The Morgan fingerprint density at radius 1 is 1.03 bits per heavy atom. The van der Waals surface area contributed by atoms with E-state index in [2.05, 4.69) is 4.72 Å². The van der Waals surface area contributed by atoms with Gasteiger partial charge in [0.25, 0.3) is 5.91 Å². The summed E-state index contributed by atoms with van der Waals surface area (Å²) in [4.78, 5) is 16.5. The molecular weight excluding hydrogens is 419 g/mol. The predicted molar refractivity (Wildman–Crippen MR) is 107 cm³/mol. The number of hydrogen-bond acceptors (Lipinski definition) is 4. The van der Waals surface area contributed by atoms with Gasteiger partial charge in [0.1, 0.15) is 17.5 Å². The molecule has 0 radical (unpaired) electrons. The van der Waals surface area contributed by atoms with Crippen LogP contribution in [0.4, 0.5) is 18.9 Å². The summed E-state index contributed by atoms with van der Waals surface area (Å²) in [5, 5.41) is 0. The topological polar surface area (TPSA) is 69.7 Å². The number of amides is 1. The molecule has 2 atom stereocenters. The predicted octanol–water partition coefficient (Wildman–Crippen LogP) is 2.78. The van der Waals surface area contributed by atoms with Crippen LogP contribution in [0.1, 0.15) is 29.8 Å². The van der Waals surface area contributed by atoms with E-state index < -0.39 is 28.3 Å². The number of carbonyl (C=O) groups excluding carboxylic acids is 1. The summed E-state index contributed by atoms with van der Waals surface area (Å²) < 4.78 is 64.8. The quantitative estimate of drug-likeness (QED) is 0.701. The Balaban J connectivity index is 1.71. The van der Waals surface area contributed by atoms with Gasteiger partial charge in [-0.3, -0.25) is 14.4 Å². The molecule has 1 aliphatic heterocycles. The van der Waals surface area contributed by atoms with Crippen LogP contribution in [0.15, 0.2) is 36.4 Å². The molecule has 2 aromatic rings. The lowest BCUT2D eigenvalue weighted by molar-refractivity contribution is 0.0262. The number of piperazine rings is 1. The number of nitrogens with one attached hydrogen (secondary N) is 1. The molecule has 0 saturated carbocycles. The van der Waals surface area contributed by atoms with Gasteiger partial charge in [-0.05, 0) is 38.1 Å². The van der Waals surface area contributed by atoms with Gasteiger partial charge in [0.05, 0.1) is 0 Å². The van der Waals surface area contributed by atoms with Gasteiger partial charge < -0.3 is 4.90 Å². The van der Waals surface area contributed by atoms with E-state index in [1.54, 1.807) is 17.0 Å². The van der Waals surface area contributed by atoms with Crippen molar-refractivity contribution in [3.63, 3.8) is 0 Å². The lowest BCUT2D eigenvalue weighted by atomic mass is 10.0. The van der Waals surface area contributed by atoms with Gasteiger partial charge >= 0.3 is 0 Å². The third kappa shape index (κ3) is 4.93. The molecule has 1 fully saturated rings. The van der Waals surface area contributed by atoms with Gasteiger partial charge in [-0.25, -0.2) is 21.6 Å². The molecule has 30 heavy (non-hydrogen) atoms. The van der Waals surface area contributed by atoms with Gasteiger partial charge in [-0.15, -0.1) is 0 Å². The van der Waals surface area contributed by atoms with E-state index in [9.17, 15) is 26.4 Å². The fourth-order valence-electron chi connectivity index (χ4n) is 3.85. The third-order valence-electron chi connectivity index (χ3n) is 5.07. The molecule has 0 spiro atoms. The van der Waals surface area contributed by atoms with Crippen LogP contribution in [0.2, 0.25) is 0 Å². The second-order valence-corrected chi connectivity index (χ2v) is 8.14. The fourth-order valence-corrected chi connectivity index (χ4v) is 4.21. The van der Waals surface area contributed by atoms with E-state index in [-0.39, 0.29) is 30.1 Å². The van der Waals surface area contributed by atoms with Gasteiger partial charge in [0.2, 0.25) is 10.9 Å². The molecule has 1 saturated heterocycles. The molecule has 162 valence electrons. The van der Waals surface area contributed by atoms with Crippen molar-refractivity contribution in [3.8, 4) is 0 Å². The lowest BCUT2D eigenvalue weighted by Crippen LogP contribution is -2.58. The SMILES string of the molecule is CC1CN(Cc2c(F)cc(F)cc2F)CC(C)N1C(=O)c1ccc(N[SH](=O)=O)cc1. The van der Waals surface area contributed by atoms with Crippen LogP contribution in [0.5, 0.6) is 0 Å². The van der Waals surface area contributed by atoms with Gasteiger partial charge in [-0.2, -0.15) is 0 Å². The molecule has 1 heterocycles. The maximum Gasteiger partial charge on any atom is 0.254 e. The molecule has 0 bridgehead atoms. The largest absolute Gasteiger partial charge is 0.331 e. The first-order valence-corrected chi connectivity index (χ1v) is 10.5. The summed E-state index contributed by atoms with van der Waals surface area (Å²) in [6.45, 7) is 4.44. The van der Waals surface area contributed by atoms with Crippen molar-refractivity contribution in [1.29, 1.82) is 0 Å². The number of anilines is 1. The van der Waals surface area contributed by atoms with E-state index in [1.807, 2.05) is 18.7 Å². The Morgan fingerprint density at radius 2 is 1.57 bits per heavy atom. The summed E-state index contributed by atoms with van der Waals surface area (Å²) in [7, 11) is -2.79. The van der Waals surface area contributed by atoms with E-state index in [0.717, 1.165) is 0 Å². The van der Waals surface area contributed by atoms with E-state index in [1.165, 1.54) is 12.1 Å². The van der Waals surface area contributed by atoms with Crippen molar-refractivity contribution in [2.24, 2.45) is 0 Å². The Bertz CT molecular complexity index is 971. The summed E-state index contributed by atoms with van der Waals surface area (Å²) in [5.41, 5.74) is 0.566. The van der Waals surface area contributed by atoms with E-state index >= 15 is 0 Å². The first-order valence-electron chi connectivity index (χ1n) is 9.35. The minimum Gasteiger partial charge on any atom is -0.331 e. The number of halogens is 3. The van der Waals surface area contributed by atoms with Crippen molar-refractivity contribution < 1.29 is 26.4 Å². The summed E-state index contributed by atoms with van der Waals surface area (Å²) in [5.74, 6) is -3.04.